The van der Waals surface area contributed by atoms with Gasteiger partial charge in [0.2, 0.25) is 0 Å². The number of benzene rings is 1. The van der Waals surface area contributed by atoms with Crippen LogP contribution in [-0.2, 0) is 5.60 Å². The van der Waals surface area contributed by atoms with Crippen molar-refractivity contribution in [1.82, 2.24) is 0 Å². The number of aliphatic hydroxyl groups is 1. The topological polar surface area (TPSA) is 20.2 Å². The van der Waals surface area contributed by atoms with Gasteiger partial charge in [-0.1, -0.05) is 29.8 Å². The quantitative estimate of drug-likeness (QED) is 0.660. The van der Waals surface area contributed by atoms with Crippen molar-refractivity contribution < 1.29 is 5.11 Å². The number of rotatable bonds is 4. The van der Waals surface area contributed by atoms with Crippen molar-refractivity contribution in [3.05, 3.63) is 47.5 Å². The minimum Gasteiger partial charge on any atom is -0.385 e. The maximum Gasteiger partial charge on any atom is 0.0896 e. The van der Waals surface area contributed by atoms with Crippen LogP contribution < -0.4 is 0 Å². The van der Waals surface area contributed by atoms with Gasteiger partial charge in [0.1, 0.15) is 0 Å². The Labute approximate surface area is 145 Å². The lowest BCUT2D eigenvalue weighted by molar-refractivity contribution is -0.0259. The third-order valence-electron chi connectivity index (χ3n) is 6.30. The summed E-state index contributed by atoms with van der Waals surface area (Å²) in [5, 5.41) is 11.7. The fraction of sp³-hybridized carbons (Fsp3) is 0.619. The second-order valence-corrected chi connectivity index (χ2v) is 8.12. The zero-order valence-electron chi connectivity index (χ0n) is 14.0. The fourth-order valence-electron chi connectivity index (χ4n) is 4.77. The van der Waals surface area contributed by atoms with E-state index in [2.05, 4.69) is 12.7 Å². The average molecular weight is 333 g/mol. The van der Waals surface area contributed by atoms with Crippen molar-refractivity contribution in [3.63, 3.8) is 0 Å². The fourth-order valence-corrected chi connectivity index (χ4v) is 4.89. The number of hydrogen-bond acceptors (Lipinski definition) is 1. The molecule has 2 aliphatic rings. The van der Waals surface area contributed by atoms with E-state index in [4.69, 9.17) is 11.6 Å². The first kappa shape index (κ1) is 17.0. The first-order valence-electron chi connectivity index (χ1n) is 9.20. The largest absolute Gasteiger partial charge is 0.385 e. The monoisotopic (exact) mass is 332 g/mol. The highest BCUT2D eigenvalue weighted by Crippen LogP contribution is 2.46. The molecule has 0 atom stereocenters. The summed E-state index contributed by atoms with van der Waals surface area (Å²) in [6.45, 7) is 3.88. The highest BCUT2D eigenvalue weighted by molar-refractivity contribution is 6.30. The number of hydrogen-bond donors (Lipinski definition) is 1. The predicted molar refractivity (Wildman–Crippen MR) is 97.6 cm³/mol. The molecule has 0 heterocycles. The highest BCUT2D eigenvalue weighted by atomic mass is 35.5. The van der Waals surface area contributed by atoms with Gasteiger partial charge < -0.3 is 5.11 Å². The van der Waals surface area contributed by atoms with Crippen molar-refractivity contribution in [1.29, 1.82) is 0 Å². The summed E-state index contributed by atoms with van der Waals surface area (Å²) in [5.41, 5.74) is 0.399. The standard InChI is InChI=1S/C21H29ClO/c1-2-3-16-4-6-17(7-5-16)18-12-14-21(23,15-13-18)19-8-10-20(22)11-9-19/h2,8-11,16-18,23H,1,3-7,12-15H2. The molecule has 2 heteroatoms. The Bertz CT molecular complexity index is 505. The van der Waals surface area contributed by atoms with Crippen LogP contribution in [0.25, 0.3) is 0 Å². The van der Waals surface area contributed by atoms with E-state index in [1.807, 2.05) is 24.3 Å². The highest BCUT2D eigenvalue weighted by Gasteiger charge is 2.38. The molecule has 1 nitrogen and oxygen atoms in total. The molecule has 1 aromatic rings. The molecule has 126 valence electrons. The smallest absolute Gasteiger partial charge is 0.0896 e. The Morgan fingerprint density at radius 1 is 1.00 bits per heavy atom. The van der Waals surface area contributed by atoms with Gasteiger partial charge >= 0.3 is 0 Å². The van der Waals surface area contributed by atoms with Gasteiger partial charge in [-0.15, -0.1) is 6.58 Å². The molecule has 3 rings (SSSR count). The first-order valence-corrected chi connectivity index (χ1v) is 9.58. The minimum absolute atomic E-state index is 0.638. The van der Waals surface area contributed by atoms with Gasteiger partial charge in [-0.3, -0.25) is 0 Å². The van der Waals surface area contributed by atoms with E-state index in [1.165, 1.54) is 32.1 Å². The summed E-state index contributed by atoms with van der Waals surface area (Å²) in [6.07, 6.45) is 12.9. The van der Waals surface area contributed by atoms with Crippen molar-refractivity contribution in [2.24, 2.45) is 17.8 Å². The third kappa shape index (κ3) is 4.00. The van der Waals surface area contributed by atoms with Gasteiger partial charge in [0.05, 0.1) is 5.60 Å². The molecule has 2 aliphatic carbocycles. The lowest BCUT2D eigenvalue weighted by Gasteiger charge is -2.41. The van der Waals surface area contributed by atoms with E-state index >= 15 is 0 Å². The van der Waals surface area contributed by atoms with Crippen LogP contribution in [0.1, 0.15) is 63.4 Å². The van der Waals surface area contributed by atoms with Crippen LogP contribution in [0, 0.1) is 17.8 Å². The van der Waals surface area contributed by atoms with Gasteiger partial charge in [-0.25, -0.2) is 0 Å². The molecule has 23 heavy (non-hydrogen) atoms. The number of halogens is 1. The molecule has 0 radical (unpaired) electrons. The zero-order chi connectivity index (χ0) is 16.3. The molecule has 0 aromatic heterocycles. The maximum atomic E-state index is 11.0. The van der Waals surface area contributed by atoms with Gasteiger partial charge in [0.25, 0.3) is 0 Å². The Balaban J connectivity index is 1.54. The van der Waals surface area contributed by atoms with Crippen LogP contribution in [0.3, 0.4) is 0 Å². The van der Waals surface area contributed by atoms with Gasteiger partial charge in [0.15, 0.2) is 0 Å². The van der Waals surface area contributed by atoms with Gasteiger partial charge in [-0.05, 0) is 93.2 Å². The van der Waals surface area contributed by atoms with Crippen LogP contribution in [0.2, 0.25) is 5.02 Å². The summed E-state index contributed by atoms with van der Waals surface area (Å²) >= 11 is 5.97. The van der Waals surface area contributed by atoms with E-state index in [-0.39, 0.29) is 0 Å². The molecule has 0 spiro atoms. The van der Waals surface area contributed by atoms with Crippen LogP contribution in [0.4, 0.5) is 0 Å². The molecule has 2 fully saturated rings. The van der Waals surface area contributed by atoms with E-state index < -0.39 is 5.60 Å². The Morgan fingerprint density at radius 3 is 2.13 bits per heavy atom. The van der Waals surface area contributed by atoms with E-state index in [9.17, 15) is 5.11 Å². The van der Waals surface area contributed by atoms with Crippen molar-refractivity contribution in [3.8, 4) is 0 Å². The SMILES string of the molecule is C=CCC1CCC(C2CCC(O)(c3ccc(Cl)cc3)CC2)CC1. The Kier molecular flexibility index (Phi) is 5.49. The third-order valence-corrected chi connectivity index (χ3v) is 6.55. The van der Waals surface area contributed by atoms with Gasteiger partial charge in [-0.2, -0.15) is 0 Å². The zero-order valence-corrected chi connectivity index (χ0v) is 14.8. The van der Waals surface area contributed by atoms with E-state index in [0.717, 1.165) is 54.0 Å². The van der Waals surface area contributed by atoms with Crippen molar-refractivity contribution >= 4 is 11.6 Å². The molecule has 1 aromatic carbocycles. The second-order valence-electron chi connectivity index (χ2n) is 7.68. The first-order chi connectivity index (χ1) is 11.1. The summed E-state index contributed by atoms with van der Waals surface area (Å²) in [4.78, 5) is 0. The average Bonchev–Trinajstić information content (AvgIpc) is 2.57. The predicted octanol–water partition coefficient (Wildman–Crippen LogP) is 6.10. The maximum absolute atomic E-state index is 11.0. The lowest BCUT2D eigenvalue weighted by Crippen LogP contribution is -2.34. The number of allylic oxidation sites excluding steroid dienone is 1. The van der Waals surface area contributed by atoms with E-state index in [0.29, 0.717) is 0 Å². The van der Waals surface area contributed by atoms with Crippen molar-refractivity contribution in [2.75, 3.05) is 0 Å². The molecule has 0 bridgehead atoms. The molecule has 0 saturated heterocycles. The summed E-state index contributed by atoms with van der Waals surface area (Å²) < 4.78 is 0. The van der Waals surface area contributed by atoms with Crippen LogP contribution in [0.15, 0.2) is 36.9 Å². The van der Waals surface area contributed by atoms with E-state index in [1.54, 1.807) is 0 Å². The molecule has 0 aliphatic heterocycles. The summed E-state index contributed by atoms with van der Waals surface area (Å²) in [7, 11) is 0. The molecule has 1 N–H and O–H groups in total. The lowest BCUT2D eigenvalue weighted by atomic mass is 9.66. The molecular formula is C21H29ClO. The van der Waals surface area contributed by atoms with Crippen LogP contribution in [-0.4, -0.2) is 5.11 Å². The second kappa shape index (κ2) is 7.40. The minimum atomic E-state index is -0.638. The molecule has 0 amide bonds. The van der Waals surface area contributed by atoms with Crippen molar-refractivity contribution in [2.45, 2.75) is 63.4 Å². The molecular weight excluding hydrogens is 304 g/mol. The van der Waals surface area contributed by atoms with Crippen LogP contribution >= 0.6 is 11.6 Å². The summed E-state index contributed by atoms with van der Waals surface area (Å²) in [5.74, 6) is 2.57. The molecule has 0 unspecified atom stereocenters. The summed E-state index contributed by atoms with van der Waals surface area (Å²) in [6, 6.07) is 7.76. The Hall–Kier alpha value is -0.790. The van der Waals surface area contributed by atoms with Gasteiger partial charge in [0, 0.05) is 5.02 Å². The van der Waals surface area contributed by atoms with Crippen LogP contribution in [0.5, 0.6) is 0 Å². The normalized spacial score (nSPS) is 35.0. The Morgan fingerprint density at radius 2 is 1.57 bits per heavy atom. The molecule has 2 saturated carbocycles.